The van der Waals surface area contributed by atoms with Crippen LogP contribution in [0.1, 0.15) is 21.5 Å². The summed E-state index contributed by atoms with van der Waals surface area (Å²) in [6, 6.07) is 18.1. The average Bonchev–Trinajstić information content (AvgIpc) is 2.88. The second kappa shape index (κ2) is 12.7. The fraction of sp³-hybridized carbons (Fsp3) is 0.111. The number of nitrogens with zero attached hydrogens (tertiary/aromatic N) is 1. The molecule has 37 heavy (non-hydrogen) atoms. The van der Waals surface area contributed by atoms with Crippen LogP contribution in [-0.2, 0) is 14.3 Å². The van der Waals surface area contributed by atoms with Crippen molar-refractivity contribution >= 4 is 62.8 Å². The van der Waals surface area contributed by atoms with E-state index in [0.29, 0.717) is 37.7 Å². The Morgan fingerprint density at radius 1 is 1.03 bits per heavy atom. The molecule has 0 bridgehead atoms. The van der Waals surface area contributed by atoms with E-state index in [1.54, 1.807) is 36.4 Å². The number of rotatable bonds is 8. The molecule has 0 unspecified atom stereocenters. The largest absolute Gasteiger partial charge is 0.483 e. The maximum Gasteiger partial charge on any atom is 0.337 e. The summed E-state index contributed by atoms with van der Waals surface area (Å²) in [6.45, 7) is 1.63. The number of esters is 1. The van der Waals surface area contributed by atoms with Gasteiger partial charge < -0.3 is 20.1 Å². The number of aryl methyl sites for hydroxylation is 1. The first kappa shape index (κ1) is 27.5. The summed E-state index contributed by atoms with van der Waals surface area (Å²) in [5, 5.41) is 15.3. The van der Waals surface area contributed by atoms with Gasteiger partial charge in [-0.15, -0.1) is 0 Å². The molecule has 3 aromatic rings. The molecule has 0 fully saturated rings. The van der Waals surface area contributed by atoms with E-state index in [2.05, 4.69) is 31.3 Å². The molecular weight excluding hydrogens is 562 g/mol. The van der Waals surface area contributed by atoms with Gasteiger partial charge in [0.05, 0.1) is 17.1 Å². The predicted octanol–water partition coefficient (Wildman–Crippen LogP) is 5.76. The predicted molar refractivity (Wildman–Crippen MR) is 144 cm³/mol. The maximum atomic E-state index is 12.6. The third kappa shape index (κ3) is 7.67. The molecule has 0 atom stereocenters. The van der Waals surface area contributed by atoms with Crippen molar-refractivity contribution in [3.8, 4) is 11.8 Å². The third-order valence-corrected chi connectivity index (χ3v) is 6.04. The van der Waals surface area contributed by atoms with Gasteiger partial charge in [-0.1, -0.05) is 23.7 Å². The van der Waals surface area contributed by atoms with E-state index < -0.39 is 11.9 Å². The van der Waals surface area contributed by atoms with E-state index in [0.717, 1.165) is 5.56 Å². The number of methoxy groups -OCH3 is 1. The molecule has 0 saturated heterocycles. The highest BCUT2D eigenvalue weighted by molar-refractivity contribution is 9.10. The standard InChI is InChI=1S/C27H21BrClN3O5/c1-16-3-7-21(13-23(16)29)31-25(33)15-37-24-10-4-17(12-22(24)28)11-19(14-30)26(34)32-20-8-5-18(6-9-20)27(35)36-2/h3-13H,15H2,1-2H3,(H,31,33)(H,32,34)/b19-11-. The van der Waals surface area contributed by atoms with Gasteiger partial charge in [-0.25, -0.2) is 4.79 Å². The molecule has 2 amide bonds. The van der Waals surface area contributed by atoms with Crippen LogP contribution in [0.25, 0.3) is 6.08 Å². The summed E-state index contributed by atoms with van der Waals surface area (Å²) in [5.41, 5.74) is 2.64. The van der Waals surface area contributed by atoms with Crippen molar-refractivity contribution in [3.05, 3.63) is 92.4 Å². The molecule has 8 nitrogen and oxygen atoms in total. The minimum atomic E-state index is -0.613. The lowest BCUT2D eigenvalue weighted by Crippen LogP contribution is -2.20. The van der Waals surface area contributed by atoms with Crippen LogP contribution >= 0.6 is 27.5 Å². The molecule has 0 spiro atoms. The average molecular weight is 583 g/mol. The van der Waals surface area contributed by atoms with E-state index in [1.807, 2.05) is 13.0 Å². The highest BCUT2D eigenvalue weighted by Gasteiger charge is 2.12. The van der Waals surface area contributed by atoms with E-state index >= 15 is 0 Å². The number of hydrogen-bond acceptors (Lipinski definition) is 6. The van der Waals surface area contributed by atoms with Crippen molar-refractivity contribution in [1.29, 1.82) is 5.26 Å². The summed E-state index contributed by atoms with van der Waals surface area (Å²) in [6.07, 6.45) is 1.42. The Morgan fingerprint density at radius 2 is 1.73 bits per heavy atom. The topological polar surface area (TPSA) is 118 Å². The Bertz CT molecular complexity index is 1410. The highest BCUT2D eigenvalue weighted by atomic mass is 79.9. The second-order valence-electron chi connectivity index (χ2n) is 7.68. The van der Waals surface area contributed by atoms with Crippen LogP contribution in [0.15, 0.2) is 70.7 Å². The van der Waals surface area contributed by atoms with Gasteiger partial charge >= 0.3 is 5.97 Å². The fourth-order valence-electron chi connectivity index (χ4n) is 3.06. The number of ether oxygens (including phenoxy) is 2. The minimum Gasteiger partial charge on any atom is -0.483 e. The van der Waals surface area contributed by atoms with E-state index in [9.17, 15) is 19.6 Å². The molecule has 0 aromatic heterocycles. The van der Waals surface area contributed by atoms with Crippen LogP contribution in [0, 0.1) is 18.3 Å². The summed E-state index contributed by atoms with van der Waals surface area (Å²) < 4.78 is 10.8. The van der Waals surface area contributed by atoms with E-state index in [1.165, 1.54) is 37.5 Å². The van der Waals surface area contributed by atoms with Gasteiger partial charge in [-0.05, 0) is 88.6 Å². The smallest absolute Gasteiger partial charge is 0.337 e. The number of anilines is 2. The van der Waals surface area contributed by atoms with E-state index in [4.69, 9.17) is 16.3 Å². The van der Waals surface area contributed by atoms with Gasteiger partial charge in [0.15, 0.2) is 6.61 Å². The molecular formula is C27H21BrClN3O5. The Balaban J connectivity index is 1.62. The zero-order chi connectivity index (χ0) is 26.9. The zero-order valence-electron chi connectivity index (χ0n) is 19.8. The van der Waals surface area contributed by atoms with Crippen LogP contribution in [0.2, 0.25) is 5.02 Å². The van der Waals surface area contributed by atoms with Gasteiger partial charge in [0.2, 0.25) is 0 Å². The van der Waals surface area contributed by atoms with Crippen molar-refractivity contribution in [3.63, 3.8) is 0 Å². The van der Waals surface area contributed by atoms with Gasteiger partial charge in [0.1, 0.15) is 17.4 Å². The van der Waals surface area contributed by atoms with Crippen molar-refractivity contribution in [2.45, 2.75) is 6.92 Å². The molecule has 0 aliphatic heterocycles. The molecule has 0 aliphatic rings. The Hall–Kier alpha value is -4.13. The normalized spacial score (nSPS) is 10.7. The Morgan fingerprint density at radius 3 is 2.35 bits per heavy atom. The lowest BCUT2D eigenvalue weighted by atomic mass is 10.1. The number of amides is 2. The quantitative estimate of drug-likeness (QED) is 0.198. The molecule has 10 heteroatoms. The zero-order valence-corrected chi connectivity index (χ0v) is 22.1. The van der Waals surface area contributed by atoms with Gasteiger partial charge in [0.25, 0.3) is 11.8 Å². The van der Waals surface area contributed by atoms with Crippen LogP contribution in [-0.4, -0.2) is 31.5 Å². The summed E-state index contributed by atoms with van der Waals surface area (Å²) in [4.78, 5) is 36.3. The molecule has 2 N–H and O–H groups in total. The Kier molecular flexibility index (Phi) is 9.44. The van der Waals surface area contributed by atoms with Crippen molar-refractivity contribution in [1.82, 2.24) is 0 Å². The number of carbonyl (C=O) groups excluding carboxylic acids is 3. The van der Waals surface area contributed by atoms with Gasteiger partial charge in [-0.2, -0.15) is 5.26 Å². The van der Waals surface area contributed by atoms with Gasteiger partial charge in [-0.3, -0.25) is 9.59 Å². The van der Waals surface area contributed by atoms with Crippen LogP contribution < -0.4 is 15.4 Å². The van der Waals surface area contributed by atoms with Crippen molar-refractivity contribution in [2.24, 2.45) is 0 Å². The van der Waals surface area contributed by atoms with Crippen molar-refractivity contribution < 1.29 is 23.9 Å². The first-order valence-electron chi connectivity index (χ1n) is 10.8. The number of benzene rings is 3. The molecule has 188 valence electrons. The van der Waals surface area contributed by atoms with Crippen LogP contribution in [0.4, 0.5) is 11.4 Å². The molecule has 3 aromatic carbocycles. The van der Waals surface area contributed by atoms with Crippen molar-refractivity contribution in [2.75, 3.05) is 24.4 Å². The number of carbonyl (C=O) groups is 3. The summed E-state index contributed by atoms with van der Waals surface area (Å²) in [7, 11) is 1.28. The molecule has 0 radical (unpaired) electrons. The number of halogens is 2. The Labute approximate surface area is 227 Å². The second-order valence-corrected chi connectivity index (χ2v) is 8.95. The molecule has 3 rings (SSSR count). The maximum absolute atomic E-state index is 12.6. The van der Waals surface area contributed by atoms with Gasteiger partial charge in [0, 0.05) is 16.4 Å². The third-order valence-electron chi connectivity index (χ3n) is 5.01. The first-order valence-corrected chi connectivity index (χ1v) is 12.0. The highest BCUT2D eigenvalue weighted by Crippen LogP contribution is 2.27. The van der Waals surface area contributed by atoms with E-state index in [-0.39, 0.29) is 18.1 Å². The monoisotopic (exact) mass is 581 g/mol. The number of nitriles is 1. The fourth-order valence-corrected chi connectivity index (χ4v) is 3.75. The summed E-state index contributed by atoms with van der Waals surface area (Å²) >= 11 is 9.46. The molecule has 0 saturated carbocycles. The number of hydrogen-bond donors (Lipinski definition) is 2. The lowest BCUT2D eigenvalue weighted by Gasteiger charge is -2.10. The molecule has 0 heterocycles. The first-order chi connectivity index (χ1) is 17.7. The van der Waals surface area contributed by atoms with Crippen LogP contribution in [0.3, 0.4) is 0 Å². The lowest BCUT2D eigenvalue weighted by molar-refractivity contribution is -0.118. The van der Waals surface area contributed by atoms with Crippen LogP contribution in [0.5, 0.6) is 5.75 Å². The molecule has 0 aliphatic carbocycles. The number of nitrogens with one attached hydrogen (secondary N) is 2. The SMILES string of the molecule is COC(=O)c1ccc(NC(=O)/C(C#N)=C\c2ccc(OCC(=O)Nc3ccc(C)c(Cl)c3)c(Br)c2)cc1. The summed E-state index contributed by atoms with van der Waals surface area (Å²) in [5.74, 6) is -1.07. The minimum absolute atomic E-state index is 0.131.